The molecule has 0 spiro atoms. The number of fused-ring (bicyclic) bond motifs is 1. The molecule has 0 atom stereocenters. The van der Waals surface area contributed by atoms with E-state index in [1.165, 1.54) is 6.42 Å². The summed E-state index contributed by atoms with van der Waals surface area (Å²) in [4.78, 5) is 15.2. The number of ether oxygens (including phenoxy) is 1. The number of urea groups is 1. The van der Waals surface area contributed by atoms with Crippen LogP contribution in [0.3, 0.4) is 0 Å². The minimum absolute atomic E-state index is 0.215. The Hall–Kier alpha value is -3.35. The molecule has 1 aromatic heterocycles. The van der Waals surface area contributed by atoms with Crippen LogP contribution in [-0.4, -0.2) is 27.9 Å². The Labute approximate surface area is 183 Å². The molecule has 0 radical (unpaired) electrons. The number of carbonyl (C=O) groups excluding carboxylic acids is 1. The molecule has 1 N–H and O–H groups in total. The molecule has 0 saturated carbocycles. The van der Waals surface area contributed by atoms with E-state index in [9.17, 15) is 4.79 Å². The number of methoxy groups -OCH3 is 1. The number of amides is 2. The monoisotopic (exact) mass is 419 g/mol. The van der Waals surface area contributed by atoms with Crippen LogP contribution in [0, 0.1) is 13.8 Å². The van der Waals surface area contributed by atoms with E-state index in [-0.39, 0.29) is 6.03 Å². The second-order valence-corrected chi connectivity index (χ2v) is 7.96. The number of hydrogen-bond donors (Lipinski definition) is 1. The average molecular weight is 420 g/mol. The van der Waals surface area contributed by atoms with E-state index in [1.54, 1.807) is 12.0 Å². The lowest BCUT2D eigenvalue weighted by atomic mass is 10.1. The van der Waals surface area contributed by atoms with E-state index in [1.807, 2.05) is 43.3 Å². The van der Waals surface area contributed by atoms with Crippen molar-refractivity contribution >= 4 is 17.4 Å². The van der Waals surface area contributed by atoms with Gasteiger partial charge in [-0.05, 0) is 56.0 Å². The molecule has 2 amide bonds. The van der Waals surface area contributed by atoms with Crippen molar-refractivity contribution in [1.82, 2.24) is 14.8 Å². The summed E-state index contributed by atoms with van der Waals surface area (Å²) in [7, 11) is 1.61. The zero-order valence-electron chi connectivity index (χ0n) is 18.4. The molecule has 0 fully saturated rings. The van der Waals surface area contributed by atoms with Gasteiger partial charge in [0.1, 0.15) is 11.6 Å². The minimum atomic E-state index is -0.215. The van der Waals surface area contributed by atoms with Crippen molar-refractivity contribution in [1.29, 1.82) is 0 Å². The Morgan fingerprint density at radius 2 is 1.97 bits per heavy atom. The second-order valence-electron chi connectivity index (χ2n) is 7.96. The third-order valence-corrected chi connectivity index (χ3v) is 5.92. The normalized spacial score (nSPS) is 13.3. The molecule has 1 aliphatic rings. The molecule has 2 heterocycles. The third kappa shape index (κ3) is 4.55. The second kappa shape index (κ2) is 9.20. The molecule has 2 aromatic carbocycles. The maximum atomic E-state index is 13.5. The highest BCUT2D eigenvalue weighted by molar-refractivity contribution is 6.02. The van der Waals surface area contributed by atoms with Gasteiger partial charge in [0.25, 0.3) is 0 Å². The van der Waals surface area contributed by atoms with Crippen molar-refractivity contribution < 1.29 is 9.53 Å². The van der Waals surface area contributed by atoms with Gasteiger partial charge < -0.3 is 14.6 Å². The van der Waals surface area contributed by atoms with Gasteiger partial charge in [-0.15, -0.1) is 10.2 Å². The van der Waals surface area contributed by atoms with Crippen LogP contribution in [0.1, 0.15) is 42.0 Å². The van der Waals surface area contributed by atoms with Gasteiger partial charge in [0.2, 0.25) is 0 Å². The summed E-state index contributed by atoms with van der Waals surface area (Å²) in [5.41, 5.74) is 3.75. The number of hydrogen-bond acceptors (Lipinski definition) is 4. The maximum Gasteiger partial charge on any atom is 0.326 e. The summed E-state index contributed by atoms with van der Waals surface area (Å²) in [5.74, 6) is 2.53. The van der Waals surface area contributed by atoms with Gasteiger partial charge >= 0.3 is 6.03 Å². The van der Waals surface area contributed by atoms with Crippen molar-refractivity contribution in [3.63, 3.8) is 0 Å². The molecular weight excluding hydrogens is 390 g/mol. The lowest BCUT2D eigenvalue weighted by Gasteiger charge is -2.25. The zero-order valence-corrected chi connectivity index (χ0v) is 18.4. The van der Waals surface area contributed by atoms with Crippen molar-refractivity contribution in [2.24, 2.45) is 0 Å². The Morgan fingerprint density at radius 3 is 2.81 bits per heavy atom. The highest BCUT2D eigenvalue weighted by Crippen LogP contribution is 2.27. The summed E-state index contributed by atoms with van der Waals surface area (Å²) >= 11 is 0. The van der Waals surface area contributed by atoms with E-state index < -0.39 is 0 Å². The summed E-state index contributed by atoms with van der Waals surface area (Å²) in [6.07, 6.45) is 4.37. The van der Waals surface area contributed by atoms with Crippen LogP contribution in [0.5, 0.6) is 5.75 Å². The van der Waals surface area contributed by atoms with E-state index in [0.717, 1.165) is 54.3 Å². The standard InChI is InChI=1S/C24H29N5O2/c1-17-9-7-12-21(18(17)2)29(24(30)25-19-10-8-11-20(15-19)31-3)16-23-27-26-22-13-5-4-6-14-28(22)23/h7-12,15H,4-6,13-14,16H2,1-3H3,(H,25,30). The summed E-state index contributed by atoms with van der Waals surface area (Å²) in [5, 5.41) is 11.9. The van der Waals surface area contributed by atoms with Crippen molar-refractivity contribution in [3.8, 4) is 5.75 Å². The molecule has 7 heteroatoms. The van der Waals surface area contributed by atoms with E-state index >= 15 is 0 Å². The van der Waals surface area contributed by atoms with Crippen molar-refractivity contribution in [3.05, 3.63) is 65.2 Å². The van der Waals surface area contributed by atoms with E-state index in [0.29, 0.717) is 18.0 Å². The van der Waals surface area contributed by atoms with Gasteiger partial charge in [0, 0.05) is 30.4 Å². The zero-order chi connectivity index (χ0) is 21.8. The summed E-state index contributed by atoms with van der Waals surface area (Å²) in [6.45, 7) is 5.35. The first-order valence-corrected chi connectivity index (χ1v) is 10.8. The highest BCUT2D eigenvalue weighted by Gasteiger charge is 2.23. The molecule has 162 valence electrons. The predicted octanol–water partition coefficient (Wildman–Crippen LogP) is 4.87. The smallest absolute Gasteiger partial charge is 0.326 e. The van der Waals surface area contributed by atoms with Gasteiger partial charge in [-0.2, -0.15) is 0 Å². The Balaban J connectivity index is 1.67. The predicted molar refractivity (Wildman–Crippen MR) is 122 cm³/mol. The number of rotatable bonds is 5. The fourth-order valence-corrected chi connectivity index (χ4v) is 3.99. The number of aromatic nitrogens is 3. The van der Waals surface area contributed by atoms with Crippen LogP contribution in [0.2, 0.25) is 0 Å². The van der Waals surface area contributed by atoms with Gasteiger partial charge in [-0.1, -0.05) is 24.6 Å². The Kier molecular flexibility index (Phi) is 6.21. The van der Waals surface area contributed by atoms with E-state index in [2.05, 4.69) is 33.1 Å². The largest absolute Gasteiger partial charge is 0.497 e. The molecule has 0 bridgehead atoms. The number of anilines is 2. The average Bonchev–Trinajstić information content (AvgIpc) is 2.99. The number of aryl methyl sites for hydroxylation is 2. The van der Waals surface area contributed by atoms with Gasteiger partial charge in [0.15, 0.2) is 5.82 Å². The van der Waals surface area contributed by atoms with Crippen LogP contribution in [0.15, 0.2) is 42.5 Å². The van der Waals surface area contributed by atoms with Crippen molar-refractivity contribution in [2.45, 2.75) is 52.6 Å². The molecule has 0 aliphatic carbocycles. The minimum Gasteiger partial charge on any atom is -0.497 e. The topological polar surface area (TPSA) is 72.3 Å². The maximum absolute atomic E-state index is 13.5. The fraction of sp³-hybridized carbons (Fsp3) is 0.375. The summed E-state index contributed by atoms with van der Waals surface area (Å²) in [6, 6.07) is 13.2. The van der Waals surface area contributed by atoms with E-state index in [4.69, 9.17) is 4.74 Å². The Morgan fingerprint density at radius 1 is 1.13 bits per heavy atom. The number of nitrogens with one attached hydrogen (secondary N) is 1. The molecule has 3 aromatic rings. The van der Waals surface area contributed by atoms with Crippen molar-refractivity contribution in [2.75, 3.05) is 17.3 Å². The van der Waals surface area contributed by atoms with Gasteiger partial charge in [-0.25, -0.2) is 4.79 Å². The van der Waals surface area contributed by atoms with Crippen LogP contribution in [0.4, 0.5) is 16.2 Å². The third-order valence-electron chi connectivity index (χ3n) is 5.92. The highest BCUT2D eigenvalue weighted by atomic mass is 16.5. The number of benzene rings is 2. The van der Waals surface area contributed by atoms with Crippen LogP contribution in [-0.2, 0) is 19.5 Å². The number of nitrogens with zero attached hydrogens (tertiary/aromatic N) is 4. The van der Waals surface area contributed by atoms with Crippen LogP contribution < -0.4 is 15.0 Å². The number of carbonyl (C=O) groups is 1. The fourth-order valence-electron chi connectivity index (χ4n) is 3.99. The lowest BCUT2D eigenvalue weighted by Crippen LogP contribution is -2.36. The molecule has 31 heavy (non-hydrogen) atoms. The SMILES string of the molecule is COc1cccc(NC(=O)N(Cc2nnc3n2CCCCC3)c2cccc(C)c2C)c1. The Bertz CT molecular complexity index is 1080. The first-order valence-electron chi connectivity index (χ1n) is 10.8. The molecule has 0 saturated heterocycles. The molecule has 7 nitrogen and oxygen atoms in total. The van der Waals surface area contributed by atoms with Crippen LogP contribution in [0.25, 0.3) is 0 Å². The first-order chi connectivity index (χ1) is 15.1. The van der Waals surface area contributed by atoms with Gasteiger partial charge in [0.05, 0.1) is 13.7 Å². The quantitative estimate of drug-likeness (QED) is 0.640. The first kappa shape index (κ1) is 20.9. The molecule has 0 unspecified atom stereocenters. The molecule has 4 rings (SSSR count). The molecular formula is C24H29N5O2. The van der Waals surface area contributed by atoms with Gasteiger partial charge in [-0.3, -0.25) is 4.90 Å². The summed E-state index contributed by atoms with van der Waals surface area (Å²) < 4.78 is 7.47. The molecule has 1 aliphatic heterocycles. The lowest BCUT2D eigenvalue weighted by molar-refractivity contribution is 0.256. The van der Waals surface area contributed by atoms with Crippen LogP contribution >= 0.6 is 0 Å².